The maximum Gasteiger partial charge on any atom is 0.0547 e. The first-order valence-corrected chi connectivity index (χ1v) is 24.8. The third kappa shape index (κ3) is 6.53. The number of hydrogen-bond acceptors (Lipinski definition) is 2. The van der Waals surface area contributed by atoms with E-state index in [0.29, 0.717) is 0 Å². The molecule has 0 radical (unpaired) electrons. The second kappa shape index (κ2) is 16.6. The van der Waals surface area contributed by atoms with Gasteiger partial charge in [-0.25, -0.2) is 0 Å². The number of para-hydroxylation sites is 2. The number of benzene rings is 12. The third-order valence-corrected chi connectivity index (χ3v) is 15.1. The van der Waals surface area contributed by atoms with Crippen molar-refractivity contribution in [2.24, 2.45) is 0 Å². The van der Waals surface area contributed by atoms with Crippen molar-refractivity contribution in [3.63, 3.8) is 0 Å². The topological polar surface area (TPSA) is 16.3 Å². The summed E-state index contributed by atoms with van der Waals surface area (Å²) < 4.78 is 4.87. The zero-order valence-electron chi connectivity index (χ0n) is 40.0. The average Bonchev–Trinajstić information content (AvgIpc) is 3.97. The molecule has 0 N–H and O–H groups in total. The Morgan fingerprint density at radius 1 is 0.292 bits per heavy atom. The molecule has 0 saturated heterocycles. The molecule has 14 aromatic rings. The molecule has 340 valence electrons. The van der Waals surface area contributed by atoms with Crippen molar-refractivity contribution < 1.29 is 0 Å². The van der Waals surface area contributed by atoms with E-state index in [0.717, 1.165) is 28.3 Å². The molecule has 0 aliphatic carbocycles. The molecule has 0 unspecified atom stereocenters. The highest BCUT2D eigenvalue weighted by molar-refractivity contribution is 6.18. The van der Waals surface area contributed by atoms with E-state index >= 15 is 0 Å². The fourth-order valence-electron chi connectivity index (χ4n) is 11.6. The smallest absolute Gasteiger partial charge is 0.0547 e. The maximum absolute atomic E-state index is 2.44. The molecule has 2 aromatic heterocycles. The monoisotopic (exact) mass is 920 g/mol. The summed E-state index contributed by atoms with van der Waals surface area (Å²) in [6.07, 6.45) is 0. The summed E-state index contributed by atoms with van der Waals surface area (Å²) >= 11 is 0. The summed E-state index contributed by atoms with van der Waals surface area (Å²) in [6.45, 7) is 0. The van der Waals surface area contributed by atoms with Crippen LogP contribution >= 0.6 is 0 Å². The lowest BCUT2D eigenvalue weighted by Crippen LogP contribution is -2.11. The minimum Gasteiger partial charge on any atom is -0.344 e. The normalized spacial score (nSPS) is 11.8. The van der Waals surface area contributed by atoms with Crippen LogP contribution in [0.25, 0.3) is 110 Å². The van der Waals surface area contributed by atoms with Crippen molar-refractivity contribution in [2.75, 3.05) is 23.9 Å². The van der Waals surface area contributed by atoms with Gasteiger partial charge >= 0.3 is 0 Å². The Kier molecular flexibility index (Phi) is 9.62. The Labute approximate surface area is 418 Å². The maximum atomic E-state index is 2.44. The van der Waals surface area contributed by atoms with E-state index in [2.05, 4.69) is 288 Å². The van der Waals surface area contributed by atoms with Gasteiger partial charge in [0.05, 0.1) is 27.8 Å². The zero-order valence-corrected chi connectivity index (χ0v) is 40.0. The lowest BCUT2D eigenvalue weighted by Gasteiger charge is -2.24. The third-order valence-electron chi connectivity index (χ3n) is 15.1. The Bertz CT molecular complexity index is 4420. The van der Waals surface area contributed by atoms with Gasteiger partial charge < -0.3 is 18.9 Å². The first kappa shape index (κ1) is 41.6. The van der Waals surface area contributed by atoms with Gasteiger partial charge in [0.1, 0.15) is 0 Å². The lowest BCUT2D eigenvalue weighted by atomic mass is 9.93. The lowest BCUT2D eigenvalue weighted by molar-refractivity contribution is 1.16. The number of rotatable bonds is 8. The molecule has 4 heteroatoms. The van der Waals surface area contributed by atoms with Gasteiger partial charge in [0.2, 0.25) is 0 Å². The second-order valence-electron chi connectivity index (χ2n) is 19.0. The molecule has 0 aliphatic heterocycles. The fourth-order valence-corrected chi connectivity index (χ4v) is 11.6. The second-order valence-corrected chi connectivity index (χ2v) is 19.0. The average molecular weight is 921 g/mol. The molecular formula is C68H48N4. The molecule has 4 nitrogen and oxygen atoms in total. The van der Waals surface area contributed by atoms with Crippen molar-refractivity contribution in [3.8, 4) is 33.6 Å². The number of anilines is 4. The molecule has 14 rings (SSSR count). The van der Waals surface area contributed by atoms with Crippen LogP contribution in [0.4, 0.5) is 22.7 Å². The molecule has 0 amide bonds. The minimum absolute atomic E-state index is 1.12. The SMILES string of the molecule is CN(c1ccc2c(c1)c1ccccc1n2-c1cccc2ccccc12)c1ccc(-c2ccccc2)cc1-c1cccc2c1c1ccccc1n2-c1ccc(N(C)c2cc3ccccc3c3ccccc23)cc1. The molecule has 12 aromatic carbocycles. The molecule has 0 fully saturated rings. The van der Waals surface area contributed by atoms with Crippen molar-refractivity contribution >= 4 is 98.7 Å². The van der Waals surface area contributed by atoms with Gasteiger partial charge in [-0.3, -0.25) is 0 Å². The summed E-state index contributed by atoms with van der Waals surface area (Å²) in [6, 6.07) is 93.4. The first-order valence-electron chi connectivity index (χ1n) is 24.8. The number of hydrogen-bond donors (Lipinski definition) is 0. The Morgan fingerprint density at radius 2 is 0.875 bits per heavy atom. The summed E-state index contributed by atoms with van der Waals surface area (Å²) in [5.74, 6) is 0. The van der Waals surface area contributed by atoms with Crippen molar-refractivity contribution in [1.82, 2.24) is 9.13 Å². The van der Waals surface area contributed by atoms with Crippen molar-refractivity contribution in [2.45, 2.75) is 0 Å². The number of nitrogens with zero attached hydrogens (tertiary/aromatic N) is 4. The Hall–Kier alpha value is -9.38. The van der Waals surface area contributed by atoms with Gasteiger partial charge in [0.15, 0.2) is 0 Å². The number of fused-ring (bicyclic) bond motifs is 10. The van der Waals surface area contributed by atoms with E-state index in [1.807, 2.05) is 0 Å². The van der Waals surface area contributed by atoms with E-state index in [-0.39, 0.29) is 0 Å². The molecular weight excluding hydrogens is 873 g/mol. The molecule has 72 heavy (non-hydrogen) atoms. The first-order chi connectivity index (χ1) is 35.6. The Balaban J connectivity index is 0.911. The zero-order chi connectivity index (χ0) is 47.9. The summed E-state index contributed by atoms with van der Waals surface area (Å²) in [5.41, 5.74) is 16.3. The van der Waals surface area contributed by atoms with Crippen LogP contribution in [-0.2, 0) is 0 Å². The Morgan fingerprint density at radius 3 is 1.68 bits per heavy atom. The fraction of sp³-hybridized carbons (Fsp3) is 0.0294. The van der Waals surface area contributed by atoms with Gasteiger partial charge in [0.25, 0.3) is 0 Å². The van der Waals surface area contributed by atoms with Crippen LogP contribution in [0.5, 0.6) is 0 Å². The van der Waals surface area contributed by atoms with Crippen LogP contribution in [-0.4, -0.2) is 23.2 Å². The van der Waals surface area contributed by atoms with Gasteiger partial charge in [-0.05, 0) is 123 Å². The van der Waals surface area contributed by atoms with E-state index < -0.39 is 0 Å². The highest BCUT2D eigenvalue weighted by Gasteiger charge is 2.22. The number of aromatic nitrogens is 2. The summed E-state index contributed by atoms with van der Waals surface area (Å²) in [4.78, 5) is 4.70. The van der Waals surface area contributed by atoms with E-state index in [9.17, 15) is 0 Å². The van der Waals surface area contributed by atoms with Crippen molar-refractivity contribution in [3.05, 3.63) is 255 Å². The molecule has 2 heterocycles. The quantitative estimate of drug-likeness (QED) is 0.141. The van der Waals surface area contributed by atoms with Crippen LogP contribution in [0.15, 0.2) is 255 Å². The molecule has 0 spiro atoms. The van der Waals surface area contributed by atoms with E-state index in [1.54, 1.807) is 0 Å². The highest BCUT2D eigenvalue weighted by Crippen LogP contribution is 2.46. The molecule has 0 atom stereocenters. The van der Waals surface area contributed by atoms with Crippen LogP contribution < -0.4 is 9.80 Å². The predicted molar refractivity (Wildman–Crippen MR) is 308 cm³/mol. The van der Waals surface area contributed by atoms with Gasteiger partial charge in [-0.1, -0.05) is 170 Å². The largest absolute Gasteiger partial charge is 0.344 e. The predicted octanol–water partition coefficient (Wildman–Crippen LogP) is 18.2. The van der Waals surface area contributed by atoms with E-state index in [4.69, 9.17) is 0 Å². The van der Waals surface area contributed by atoms with Crippen LogP contribution in [0, 0.1) is 0 Å². The van der Waals surface area contributed by atoms with Crippen LogP contribution in [0.1, 0.15) is 0 Å². The van der Waals surface area contributed by atoms with Crippen LogP contribution in [0.3, 0.4) is 0 Å². The van der Waals surface area contributed by atoms with Gasteiger partial charge in [0, 0.05) is 80.4 Å². The van der Waals surface area contributed by atoms with Gasteiger partial charge in [-0.15, -0.1) is 0 Å². The van der Waals surface area contributed by atoms with E-state index in [1.165, 1.54) is 104 Å². The minimum atomic E-state index is 1.12. The molecule has 0 saturated carbocycles. The molecule has 0 aliphatic rings. The van der Waals surface area contributed by atoms with Crippen molar-refractivity contribution in [1.29, 1.82) is 0 Å². The summed E-state index contributed by atoms with van der Waals surface area (Å²) in [7, 11) is 4.40. The van der Waals surface area contributed by atoms with Gasteiger partial charge in [-0.2, -0.15) is 0 Å². The standard InChI is InChI=1S/C68H48N4/c1-69(67-43-48-21-7-8-23-52(48)54-25-10-11-26-55(54)67)49-35-37-50(38-36-49)71-64-31-15-13-28-58(64)68-57(29-17-33-66(68)71)59-42-47(45-18-4-3-5-19-45)34-40-61(59)70(2)51-39-41-65-60(44-51)56-27-12-14-30-63(56)72(65)62-32-16-22-46-20-6-9-24-53(46)62/h3-44H,1-2H3. The highest BCUT2D eigenvalue weighted by atomic mass is 15.1. The molecule has 0 bridgehead atoms. The summed E-state index contributed by atoms with van der Waals surface area (Å²) in [5, 5.41) is 12.4. The van der Waals surface area contributed by atoms with Crippen LogP contribution in [0.2, 0.25) is 0 Å².